The largest absolute Gasteiger partial charge is 0.494 e. The molecule has 0 N–H and O–H groups in total. The van der Waals surface area contributed by atoms with Gasteiger partial charge in [-0.05, 0) is 65.9 Å². The van der Waals surface area contributed by atoms with Crippen LogP contribution < -0.4 is 9.64 Å². The van der Waals surface area contributed by atoms with E-state index in [0.29, 0.717) is 52.2 Å². The topological polar surface area (TPSA) is 78.1 Å². The lowest BCUT2D eigenvalue weighted by Gasteiger charge is -2.31. The molecule has 6 rings (SSSR count). The lowest BCUT2D eigenvalue weighted by molar-refractivity contribution is -0.140. The van der Waals surface area contributed by atoms with Gasteiger partial charge in [0.15, 0.2) is 5.69 Å². The molecule has 8 nitrogen and oxygen atoms in total. The maximum Gasteiger partial charge on any atom is 0.435 e. The van der Waals surface area contributed by atoms with Gasteiger partial charge >= 0.3 is 6.18 Å². The van der Waals surface area contributed by atoms with Crippen LogP contribution in [0.25, 0.3) is 22.0 Å². The molecule has 1 aliphatic rings. The Hall–Kier alpha value is -4.67. The van der Waals surface area contributed by atoms with Crippen molar-refractivity contribution >= 4 is 22.5 Å². The molecule has 0 unspecified atom stereocenters. The highest BCUT2D eigenvalue weighted by molar-refractivity contribution is 6.13. The van der Waals surface area contributed by atoms with Crippen LogP contribution in [-0.2, 0) is 26.2 Å². The van der Waals surface area contributed by atoms with E-state index in [-0.39, 0.29) is 18.0 Å². The first-order valence-corrected chi connectivity index (χ1v) is 12.6. The summed E-state index contributed by atoms with van der Waals surface area (Å²) in [5.41, 5.74) is 3.19. The van der Waals surface area contributed by atoms with E-state index in [1.54, 1.807) is 59.7 Å². The van der Waals surface area contributed by atoms with Gasteiger partial charge in [-0.1, -0.05) is 0 Å². The molecule has 1 amide bonds. The number of fused-ring (bicyclic) bond motifs is 2. The number of anilines is 1. The van der Waals surface area contributed by atoms with Gasteiger partial charge < -0.3 is 14.2 Å². The van der Waals surface area contributed by atoms with Crippen molar-refractivity contribution in [3.05, 3.63) is 89.4 Å². The number of methoxy groups -OCH3 is 1. The minimum absolute atomic E-state index is 0.0466. The van der Waals surface area contributed by atoms with Gasteiger partial charge in [0.1, 0.15) is 11.3 Å². The van der Waals surface area contributed by atoms with E-state index in [4.69, 9.17) is 4.74 Å². The molecule has 0 atom stereocenters. The highest BCUT2D eigenvalue weighted by Gasteiger charge is 2.39. The number of carbonyl (C=O) groups is 1. The van der Waals surface area contributed by atoms with E-state index in [9.17, 15) is 18.0 Å². The molecular formula is C29H25F3N6O2. The number of rotatable bonds is 5. The Morgan fingerprint density at radius 1 is 1.07 bits per heavy atom. The zero-order valence-electron chi connectivity index (χ0n) is 22.0. The Morgan fingerprint density at radius 3 is 2.60 bits per heavy atom. The molecule has 3 aromatic heterocycles. The molecular weight excluding hydrogens is 521 g/mol. The Balaban J connectivity index is 1.53. The number of hydrogen-bond acceptors (Lipinski definition) is 5. The van der Waals surface area contributed by atoms with Crippen molar-refractivity contribution < 1.29 is 22.7 Å². The number of carbonyl (C=O) groups excluding carboxylic acids is 1. The lowest BCUT2D eigenvalue weighted by atomic mass is 9.87. The third-order valence-corrected chi connectivity index (χ3v) is 7.12. The van der Waals surface area contributed by atoms with Crippen LogP contribution in [0.1, 0.15) is 32.7 Å². The normalized spacial score (nSPS) is 13.7. The molecule has 0 radical (unpaired) electrons. The van der Waals surface area contributed by atoms with Crippen molar-refractivity contribution in [2.75, 3.05) is 18.6 Å². The minimum Gasteiger partial charge on any atom is -0.494 e. The van der Waals surface area contributed by atoms with E-state index in [1.807, 2.05) is 19.1 Å². The van der Waals surface area contributed by atoms with Gasteiger partial charge in [-0.15, -0.1) is 0 Å². The Labute approximate surface area is 227 Å². The van der Waals surface area contributed by atoms with E-state index in [0.717, 1.165) is 15.6 Å². The molecule has 0 fully saturated rings. The molecule has 0 aliphatic carbocycles. The SMILES string of the molecule is COc1cc(C)cc2c(N3CCc4c(cc(Cn5ccnc5)cc4-c4cn(C)nc4C(F)(F)F)C3=O)ccnc12. The number of pyridine rings is 1. The van der Waals surface area contributed by atoms with Crippen molar-refractivity contribution in [3.63, 3.8) is 0 Å². The zero-order valence-corrected chi connectivity index (χ0v) is 22.0. The first kappa shape index (κ1) is 25.6. The number of amides is 1. The number of aromatic nitrogens is 5. The fourth-order valence-corrected chi connectivity index (χ4v) is 5.45. The monoisotopic (exact) mass is 546 g/mol. The molecule has 0 bridgehead atoms. The molecule has 204 valence electrons. The summed E-state index contributed by atoms with van der Waals surface area (Å²) in [6, 6.07) is 9.11. The smallest absolute Gasteiger partial charge is 0.435 e. The molecule has 11 heteroatoms. The van der Waals surface area contributed by atoms with Gasteiger partial charge in [0, 0.05) is 61.4 Å². The molecule has 40 heavy (non-hydrogen) atoms. The Kier molecular flexibility index (Phi) is 6.09. The summed E-state index contributed by atoms with van der Waals surface area (Å²) in [5, 5.41) is 4.48. The van der Waals surface area contributed by atoms with Gasteiger partial charge in [0.05, 0.1) is 19.1 Å². The number of ether oxygens (including phenoxy) is 1. The fraction of sp³-hybridized carbons (Fsp3) is 0.241. The van der Waals surface area contributed by atoms with Crippen LogP contribution >= 0.6 is 0 Å². The summed E-state index contributed by atoms with van der Waals surface area (Å²) in [5.74, 6) is 0.309. The van der Waals surface area contributed by atoms with Crippen LogP contribution in [0.4, 0.5) is 18.9 Å². The summed E-state index contributed by atoms with van der Waals surface area (Å²) in [4.78, 5) is 24.3. The third-order valence-electron chi connectivity index (χ3n) is 7.12. The van der Waals surface area contributed by atoms with Crippen LogP contribution in [0.5, 0.6) is 5.75 Å². The van der Waals surface area contributed by atoms with Crippen molar-refractivity contribution in [2.45, 2.75) is 26.1 Å². The Bertz CT molecular complexity index is 1760. The van der Waals surface area contributed by atoms with Crippen LogP contribution in [0.15, 0.2) is 61.4 Å². The molecule has 2 aromatic carbocycles. The average Bonchev–Trinajstić information content (AvgIpc) is 3.57. The van der Waals surface area contributed by atoms with E-state index >= 15 is 0 Å². The molecule has 4 heterocycles. The van der Waals surface area contributed by atoms with Crippen LogP contribution in [0.2, 0.25) is 0 Å². The fourth-order valence-electron chi connectivity index (χ4n) is 5.45. The maximum atomic E-state index is 14.1. The molecule has 0 saturated carbocycles. The summed E-state index contributed by atoms with van der Waals surface area (Å²) in [6.45, 7) is 2.56. The van der Waals surface area contributed by atoms with E-state index in [1.165, 1.54) is 13.2 Å². The Morgan fingerprint density at radius 2 is 1.88 bits per heavy atom. The summed E-state index contributed by atoms with van der Waals surface area (Å²) in [7, 11) is 3.03. The highest BCUT2D eigenvalue weighted by atomic mass is 19.4. The van der Waals surface area contributed by atoms with Gasteiger partial charge in [-0.25, -0.2) is 4.98 Å². The molecule has 0 spiro atoms. The number of imidazole rings is 1. The summed E-state index contributed by atoms with van der Waals surface area (Å²) in [6.07, 6.45) is 3.71. The van der Waals surface area contributed by atoms with Crippen molar-refractivity contribution in [3.8, 4) is 16.9 Å². The van der Waals surface area contributed by atoms with Crippen LogP contribution in [0, 0.1) is 6.92 Å². The highest BCUT2D eigenvalue weighted by Crippen LogP contribution is 2.41. The number of alkyl halides is 3. The van der Waals surface area contributed by atoms with Crippen LogP contribution in [-0.4, -0.2) is 43.9 Å². The second kappa shape index (κ2) is 9.51. The number of aryl methyl sites for hydroxylation is 2. The lowest BCUT2D eigenvalue weighted by Crippen LogP contribution is -2.38. The van der Waals surface area contributed by atoms with Crippen LogP contribution in [0.3, 0.4) is 0 Å². The average molecular weight is 547 g/mol. The zero-order chi connectivity index (χ0) is 28.2. The van der Waals surface area contributed by atoms with Gasteiger partial charge in [0.2, 0.25) is 0 Å². The van der Waals surface area contributed by atoms with E-state index in [2.05, 4.69) is 15.1 Å². The number of halogens is 3. The van der Waals surface area contributed by atoms with Crippen molar-refractivity contribution in [2.24, 2.45) is 7.05 Å². The maximum absolute atomic E-state index is 14.1. The van der Waals surface area contributed by atoms with Crippen molar-refractivity contribution in [1.82, 2.24) is 24.3 Å². The van der Waals surface area contributed by atoms with E-state index < -0.39 is 11.9 Å². The molecule has 5 aromatic rings. The first-order valence-electron chi connectivity index (χ1n) is 12.6. The number of hydrogen-bond donors (Lipinski definition) is 0. The second-order valence-corrected chi connectivity index (χ2v) is 9.87. The first-order chi connectivity index (χ1) is 19.1. The summed E-state index contributed by atoms with van der Waals surface area (Å²) >= 11 is 0. The minimum atomic E-state index is -4.65. The predicted molar refractivity (Wildman–Crippen MR) is 143 cm³/mol. The van der Waals surface area contributed by atoms with Crippen molar-refractivity contribution in [1.29, 1.82) is 0 Å². The number of benzene rings is 2. The third kappa shape index (κ3) is 4.37. The summed E-state index contributed by atoms with van der Waals surface area (Å²) < 4.78 is 50.5. The van der Waals surface area contributed by atoms with Gasteiger partial charge in [0.25, 0.3) is 5.91 Å². The van der Waals surface area contributed by atoms with Gasteiger partial charge in [-0.3, -0.25) is 14.5 Å². The van der Waals surface area contributed by atoms with Gasteiger partial charge in [-0.2, -0.15) is 18.3 Å². The molecule has 1 aliphatic heterocycles. The molecule has 0 saturated heterocycles. The standard InChI is InChI=1S/C29H25F3N6O2/c1-17-10-22-24(4-6-34-26(22)25(11-17)40-3)38-8-5-19-20(23-15-36(2)35-27(23)29(30,31)32)12-18(13-21(19)28(38)39)14-37-9-7-33-16-37/h4,6-7,9-13,15-16H,5,8,14H2,1-3H3. The number of nitrogens with zero attached hydrogens (tertiary/aromatic N) is 6. The quantitative estimate of drug-likeness (QED) is 0.294. The predicted octanol–water partition coefficient (Wildman–Crippen LogP) is 5.42. The second-order valence-electron chi connectivity index (χ2n) is 9.87.